The summed E-state index contributed by atoms with van der Waals surface area (Å²) in [7, 11) is 0. The number of hydrogen-bond donors (Lipinski definition) is 0. The molecule has 1 aromatic rings. The fourth-order valence-electron chi connectivity index (χ4n) is 2.99. The van der Waals surface area contributed by atoms with Crippen molar-refractivity contribution in [2.24, 2.45) is 0 Å². The molecule has 2 rings (SSSR count). The van der Waals surface area contributed by atoms with Crippen LogP contribution in [0, 0.1) is 0 Å². The smallest absolute Gasteiger partial charge is 0.179 e. The Morgan fingerprint density at radius 1 is 1.32 bits per heavy atom. The Morgan fingerprint density at radius 3 is 2.58 bits per heavy atom. The summed E-state index contributed by atoms with van der Waals surface area (Å²) < 4.78 is 0. The normalized spacial score (nSPS) is 22.2. The molecule has 1 aromatic carbocycles. The zero-order valence-electron chi connectivity index (χ0n) is 12.4. The highest BCUT2D eigenvalue weighted by atomic mass is 16.1. The Labute approximate surface area is 116 Å². The van der Waals surface area contributed by atoms with E-state index in [1.54, 1.807) is 0 Å². The lowest BCUT2D eigenvalue weighted by atomic mass is 9.97. The number of carbonyl (C=O) groups excluding carboxylic acids is 1. The molecule has 0 saturated carbocycles. The second kappa shape index (κ2) is 6.33. The minimum atomic E-state index is 0.00257. The standard InChI is InChI=1S/C17H25NO/c1-4-15-8-10-16(11-9-15)17(19)14(3)18-12-6-5-7-13(18)2/h8-11,13-14H,4-7,12H2,1-3H3. The molecule has 19 heavy (non-hydrogen) atoms. The summed E-state index contributed by atoms with van der Waals surface area (Å²) in [5.74, 6) is 0.261. The van der Waals surface area contributed by atoms with Crippen molar-refractivity contribution in [3.63, 3.8) is 0 Å². The third-order valence-corrected chi connectivity index (χ3v) is 4.38. The molecule has 1 aliphatic heterocycles. The van der Waals surface area contributed by atoms with Gasteiger partial charge in [0.25, 0.3) is 0 Å². The topological polar surface area (TPSA) is 20.3 Å². The van der Waals surface area contributed by atoms with E-state index in [4.69, 9.17) is 0 Å². The molecular weight excluding hydrogens is 234 g/mol. The Kier molecular flexibility index (Phi) is 4.76. The van der Waals surface area contributed by atoms with E-state index in [2.05, 4.69) is 37.8 Å². The summed E-state index contributed by atoms with van der Waals surface area (Å²) in [6, 6.07) is 8.63. The number of nitrogens with zero attached hydrogens (tertiary/aromatic N) is 1. The highest BCUT2D eigenvalue weighted by Crippen LogP contribution is 2.21. The van der Waals surface area contributed by atoms with Crippen molar-refractivity contribution in [2.75, 3.05) is 6.54 Å². The zero-order valence-corrected chi connectivity index (χ0v) is 12.4. The zero-order chi connectivity index (χ0) is 13.8. The van der Waals surface area contributed by atoms with Crippen molar-refractivity contribution in [2.45, 2.75) is 58.5 Å². The van der Waals surface area contributed by atoms with Gasteiger partial charge in [0.1, 0.15) is 0 Å². The number of Topliss-reactive ketones (excluding diaryl/α,β-unsaturated/α-hetero) is 1. The average Bonchev–Trinajstić information content (AvgIpc) is 2.46. The second-order valence-electron chi connectivity index (χ2n) is 5.67. The molecule has 0 bridgehead atoms. The number of ketones is 1. The van der Waals surface area contributed by atoms with Crippen molar-refractivity contribution < 1.29 is 4.79 Å². The van der Waals surface area contributed by atoms with Crippen LogP contribution in [0.25, 0.3) is 0 Å². The van der Waals surface area contributed by atoms with Gasteiger partial charge in [0.2, 0.25) is 0 Å². The molecule has 0 N–H and O–H groups in total. The van der Waals surface area contributed by atoms with Crippen LogP contribution in [0.15, 0.2) is 24.3 Å². The van der Waals surface area contributed by atoms with Crippen molar-refractivity contribution in [1.29, 1.82) is 0 Å². The monoisotopic (exact) mass is 259 g/mol. The summed E-state index contributed by atoms with van der Waals surface area (Å²) >= 11 is 0. The number of piperidine rings is 1. The lowest BCUT2D eigenvalue weighted by Gasteiger charge is -2.37. The SMILES string of the molecule is CCc1ccc(C(=O)C(C)N2CCCCC2C)cc1. The molecule has 0 aliphatic carbocycles. The Hall–Kier alpha value is -1.15. The molecule has 0 radical (unpaired) electrons. The summed E-state index contributed by atoms with van der Waals surface area (Å²) in [6.45, 7) is 7.48. The minimum absolute atomic E-state index is 0.00257. The van der Waals surface area contributed by atoms with Crippen LogP contribution in [-0.2, 0) is 6.42 Å². The lowest BCUT2D eigenvalue weighted by molar-refractivity contribution is 0.0701. The number of hydrogen-bond acceptors (Lipinski definition) is 2. The van der Waals surface area contributed by atoms with Crippen LogP contribution in [0.4, 0.5) is 0 Å². The van der Waals surface area contributed by atoms with Crippen LogP contribution in [-0.4, -0.2) is 29.3 Å². The molecule has 104 valence electrons. The van der Waals surface area contributed by atoms with Crippen LogP contribution < -0.4 is 0 Å². The first-order chi connectivity index (χ1) is 9.13. The maximum absolute atomic E-state index is 12.5. The first kappa shape index (κ1) is 14.3. The van der Waals surface area contributed by atoms with E-state index < -0.39 is 0 Å². The summed E-state index contributed by atoms with van der Waals surface area (Å²) in [5.41, 5.74) is 2.14. The van der Waals surface area contributed by atoms with Gasteiger partial charge in [-0.15, -0.1) is 0 Å². The van der Waals surface area contributed by atoms with Crippen molar-refractivity contribution in [3.8, 4) is 0 Å². The number of aryl methyl sites for hydroxylation is 1. The highest BCUT2D eigenvalue weighted by Gasteiger charge is 2.28. The molecule has 2 nitrogen and oxygen atoms in total. The average molecular weight is 259 g/mol. The third-order valence-electron chi connectivity index (χ3n) is 4.38. The summed E-state index contributed by atoms with van der Waals surface area (Å²) in [6.07, 6.45) is 4.75. The number of rotatable bonds is 4. The van der Waals surface area contributed by atoms with Gasteiger partial charge in [-0.1, -0.05) is 37.6 Å². The van der Waals surface area contributed by atoms with Gasteiger partial charge in [-0.25, -0.2) is 0 Å². The molecule has 0 amide bonds. The predicted molar refractivity (Wildman–Crippen MR) is 79.6 cm³/mol. The third kappa shape index (κ3) is 3.24. The largest absolute Gasteiger partial charge is 0.292 e. The van der Waals surface area contributed by atoms with E-state index in [1.165, 1.54) is 24.8 Å². The van der Waals surface area contributed by atoms with Crippen LogP contribution >= 0.6 is 0 Å². The number of carbonyl (C=O) groups is 1. The lowest BCUT2D eigenvalue weighted by Crippen LogP contribution is -2.47. The van der Waals surface area contributed by atoms with Crippen LogP contribution in [0.3, 0.4) is 0 Å². The van der Waals surface area contributed by atoms with Gasteiger partial charge in [-0.2, -0.15) is 0 Å². The Balaban J connectivity index is 2.08. The Bertz CT molecular complexity index is 423. The molecule has 2 atom stereocenters. The molecule has 2 heteroatoms. The van der Waals surface area contributed by atoms with Gasteiger partial charge in [-0.05, 0) is 45.2 Å². The maximum Gasteiger partial charge on any atom is 0.179 e. The molecule has 2 unspecified atom stereocenters. The summed E-state index contributed by atoms with van der Waals surface area (Å²) in [5, 5.41) is 0. The first-order valence-corrected chi connectivity index (χ1v) is 7.52. The van der Waals surface area contributed by atoms with E-state index in [1.807, 2.05) is 12.1 Å². The fourth-order valence-corrected chi connectivity index (χ4v) is 2.99. The van der Waals surface area contributed by atoms with Crippen LogP contribution in [0.5, 0.6) is 0 Å². The molecular formula is C17H25NO. The maximum atomic E-state index is 12.5. The van der Waals surface area contributed by atoms with Gasteiger partial charge in [0.15, 0.2) is 5.78 Å². The minimum Gasteiger partial charge on any atom is -0.292 e. The van der Waals surface area contributed by atoms with E-state index >= 15 is 0 Å². The highest BCUT2D eigenvalue weighted by molar-refractivity contribution is 5.99. The molecule has 1 saturated heterocycles. The fraction of sp³-hybridized carbons (Fsp3) is 0.588. The molecule has 0 aromatic heterocycles. The van der Waals surface area contributed by atoms with Crippen molar-refractivity contribution in [1.82, 2.24) is 4.90 Å². The molecule has 1 fully saturated rings. The van der Waals surface area contributed by atoms with E-state index in [0.29, 0.717) is 6.04 Å². The Morgan fingerprint density at radius 2 is 2.00 bits per heavy atom. The molecule has 1 heterocycles. The number of likely N-dealkylation sites (tertiary alicyclic amines) is 1. The van der Waals surface area contributed by atoms with Gasteiger partial charge in [0, 0.05) is 11.6 Å². The van der Waals surface area contributed by atoms with Crippen LogP contribution in [0.2, 0.25) is 0 Å². The quantitative estimate of drug-likeness (QED) is 0.769. The second-order valence-corrected chi connectivity index (χ2v) is 5.67. The van der Waals surface area contributed by atoms with Crippen molar-refractivity contribution >= 4 is 5.78 Å². The van der Waals surface area contributed by atoms with Crippen molar-refractivity contribution in [3.05, 3.63) is 35.4 Å². The van der Waals surface area contributed by atoms with E-state index in [9.17, 15) is 4.79 Å². The predicted octanol–water partition coefficient (Wildman–Crippen LogP) is 3.69. The van der Waals surface area contributed by atoms with Gasteiger partial charge in [0.05, 0.1) is 6.04 Å². The van der Waals surface area contributed by atoms with Gasteiger partial charge in [-0.3, -0.25) is 9.69 Å². The van der Waals surface area contributed by atoms with Gasteiger partial charge < -0.3 is 0 Å². The number of benzene rings is 1. The first-order valence-electron chi connectivity index (χ1n) is 7.52. The molecule has 0 spiro atoms. The van der Waals surface area contributed by atoms with Crippen LogP contribution in [0.1, 0.15) is 56.0 Å². The summed E-state index contributed by atoms with van der Waals surface area (Å²) in [4.78, 5) is 14.9. The van der Waals surface area contributed by atoms with E-state index in [-0.39, 0.29) is 11.8 Å². The van der Waals surface area contributed by atoms with E-state index in [0.717, 1.165) is 18.5 Å². The van der Waals surface area contributed by atoms with Gasteiger partial charge >= 0.3 is 0 Å². The molecule has 1 aliphatic rings.